The molecule has 0 bridgehead atoms. The lowest BCUT2D eigenvalue weighted by atomic mass is 9.82. The maximum atomic E-state index is 9.74. The molecule has 1 heterocycles. The number of aromatic hydroxyl groups is 1. The second-order valence-corrected chi connectivity index (χ2v) is 6.93. The highest BCUT2D eigenvalue weighted by molar-refractivity contribution is 5.77. The highest BCUT2D eigenvalue weighted by atomic mass is 16.3. The van der Waals surface area contributed by atoms with Crippen molar-refractivity contribution in [3.05, 3.63) is 53.9 Å². The van der Waals surface area contributed by atoms with E-state index in [0.29, 0.717) is 18.4 Å². The van der Waals surface area contributed by atoms with Crippen molar-refractivity contribution in [3.8, 4) is 5.75 Å². The van der Waals surface area contributed by atoms with Gasteiger partial charge in [-0.25, -0.2) is 4.98 Å². The summed E-state index contributed by atoms with van der Waals surface area (Å²) in [4.78, 5) is 6.72. The van der Waals surface area contributed by atoms with Crippen LogP contribution >= 0.6 is 0 Å². The Kier molecular flexibility index (Phi) is 4.09. The van der Waals surface area contributed by atoms with Crippen molar-refractivity contribution in [1.29, 1.82) is 0 Å². The predicted octanol–water partition coefficient (Wildman–Crippen LogP) is 3.62. The molecule has 2 aromatic carbocycles. The molecule has 1 saturated carbocycles. The van der Waals surface area contributed by atoms with Crippen LogP contribution in [0.25, 0.3) is 11.1 Å². The largest absolute Gasteiger partial charge is 0.508 e. The van der Waals surface area contributed by atoms with Gasteiger partial charge in [-0.15, -0.1) is 0 Å². The van der Waals surface area contributed by atoms with Crippen molar-refractivity contribution in [3.63, 3.8) is 0 Å². The van der Waals surface area contributed by atoms with Crippen molar-refractivity contribution in [1.82, 2.24) is 4.98 Å². The topological polar surface area (TPSA) is 69.7 Å². The Morgan fingerprint density at radius 1 is 1.20 bits per heavy atom. The van der Waals surface area contributed by atoms with Crippen LogP contribution in [0.15, 0.2) is 46.9 Å². The molecule has 0 atom stereocenters. The Labute approximate surface area is 146 Å². The zero-order valence-corrected chi connectivity index (χ0v) is 14.2. The molecule has 1 fully saturated rings. The van der Waals surface area contributed by atoms with Gasteiger partial charge >= 0.3 is 0 Å². The average Bonchev–Trinajstić information content (AvgIpc) is 2.91. The number of aromatic nitrogens is 1. The number of aryl methyl sites for hydroxylation is 1. The van der Waals surface area contributed by atoms with Crippen LogP contribution in [0.1, 0.15) is 24.3 Å². The first-order valence-corrected chi connectivity index (χ1v) is 8.65. The highest BCUT2D eigenvalue weighted by Crippen LogP contribution is 2.31. The summed E-state index contributed by atoms with van der Waals surface area (Å²) in [5.41, 5.74) is 3.77. The Hall–Kier alpha value is -2.53. The number of rotatable bonds is 5. The molecule has 0 aliphatic heterocycles. The van der Waals surface area contributed by atoms with E-state index in [-0.39, 0.29) is 11.9 Å². The second-order valence-electron chi connectivity index (χ2n) is 6.93. The highest BCUT2D eigenvalue weighted by Gasteiger charge is 2.29. The van der Waals surface area contributed by atoms with Gasteiger partial charge < -0.3 is 19.5 Å². The Bertz CT molecular complexity index is 884. The molecule has 0 amide bonds. The summed E-state index contributed by atoms with van der Waals surface area (Å²) in [6.45, 7) is 3.42. The van der Waals surface area contributed by atoms with E-state index in [1.54, 1.807) is 12.1 Å². The van der Waals surface area contributed by atoms with Gasteiger partial charge in [0.05, 0.1) is 6.10 Å². The predicted molar refractivity (Wildman–Crippen MR) is 96.6 cm³/mol. The monoisotopic (exact) mass is 338 g/mol. The molecule has 1 aliphatic rings. The Balaban J connectivity index is 1.62. The molecule has 1 aliphatic carbocycles. The van der Waals surface area contributed by atoms with Crippen LogP contribution in [0.3, 0.4) is 0 Å². The minimum Gasteiger partial charge on any atom is -0.508 e. The molecule has 4 rings (SSSR count). The molecule has 0 unspecified atom stereocenters. The van der Waals surface area contributed by atoms with Gasteiger partial charge in [0.15, 0.2) is 11.5 Å². The smallest absolute Gasteiger partial charge is 0.192 e. The molecule has 5 nitrogen and oxygen atoms in total. The SMILES string of the molecule is Cc1nc2cc(N(Cc3cccc(O)c3)CC3CC(O)C3)ccc2o1. The maximum absolute atomic E-state index is 9.74. The Morgan fingerprint density at radius 3 is 2.80 bits per heavy atom. The van der Waals surface area contributed by atoms with E-state index in [0.717, 1.165) is 41.7 Å². The first-order valence-electron chi connectivity index (χ1n) is 8.65. The number of aliphatic hydroxyl groups excluding tert-OH is 1. The molecule has 25 heavy (non-hydrogen) atoms. The number of anilines is 1. The first-order chi connectivity index (χ1) is 12.1. The summed E-state index contributed by atoms with van der Waals surface area (Å²) in [7, 11) is 0. The van der Waals surface area contributed by atoms with Gasteiger partial charge in [-0.3, -0.25) is 0 Å². The van der Waals surface area contributed by atoms with Gasteiger partial charge in [-0.1, -0.05) is 12.1 Å². The maximum Gasteiger partial charge on any atom is 0.192 e. The first kappa shape index (κ1) is 16.0. The third-order valence-electron chi connectivity index (χ3n) is 4.82. The van der Waals surface area contributed by atoms with Crippen molar-refractivity contribution in [2.45, 2.75) is 32.4 Å². The van der Waals surface area contributed by atoms with Crippen LogP contribution in [-0.2, 0) is 6.54 Å². The van der Waals surface area contributed by atoms with E-state index in [2.05, 4.69) is 9.88 Å². The fourth-order valence-corrected chi connectivity index (χ4v) is 3.53. The molecule has 5 heteroatoms. The van der Waals surface area contributed by atoms with E-state index < -0.39 is 0 Å². The molecule has 0 saturated heterocycles. The number of nitrogens with zero attached hydrogens (tertiary/aromatic N) is 2. The fourth-order valence-electron chi connectivity index (χ4n) is 3.53. The van der Waals surface area contributed by atoms with E-state index in [1.807, 2.05) is 37.3 Å². The van der Waals surface area contributed by atoms with E-state index in [9.17, 15) is 10.2 Å². The number of fused-ring (bicyclic) bond motifs is 1. The number of hydrogen-bond donors (Lipinski definition) is 2. The van der Waals surface area contributed by atoms with Crippen LogP contribution in [0.2, 0.25) is 0 Å². The molecular weight excluding hydrogens is 316 g/mol. The number of hydrogen-bond acceptors (Lipinski definition) is 5. The van der Waals surface area contributed by atoms with Crippen molar-refractivity contribution >= 4 is 16.8 Å². The van der Waals surface area contributed by atoms with Crippen LogP contribution in [0, 0.1) is 12.8 Å². The fraction of sp³-hybridized carbons (Fsp3) is 0.350. The lowest BCUT2D eigenvalue weighted by Gasteiger charge is -2.37. The van der Waals surface area contributed by atoms with Gasteiger partial charge in [-0.05, 0) is 54.7 Å². The van der Waals surface area contributed by atoms with E-state index >= 15 is 0 Å². The average molecular weight is 338 g/mol. The summed E-state index contributed by atoms with van der Waals surface area (Å²) in [6, 6.07) is 13.4. The van der Waals surface area contributed by atoms with Crippen LogP contribution < -0.4 is 4.90 Å². The summed E-state index contributed by atoms with van der Waals surface area (Å²) in [5, 5.41) is 19.3. The van der Waals surface area contributed by atoms with Gasteiger partial charge in [-0.2, -0.15) is 0 Å². The normalized spacial score (nSPS) is 19.8. The zero-order valence-electron chi connectivity index (χ0n) is 14.2. The summed E-state index contributed by atoms with van der Waals surface area (Å²) < 4.78 is 5.57. The third-order valence-corrected chi connectivity index (χ3v) is 4.82. The van der Waals surface area contributed by atoms with E-state index in [1.165, 1.54) is 0 Å². The zero-order chi connectivity index (χ0) is 17.4. The molecule has 2 N–H and O–H groups in total. The molecule has 3 aromatic rings. The number of phenols is 1. The van der Waals surface area contributed by atoms with Crippen molar-refractivity contribution in [2.24, 2.45) is 5.92 Å². The van der Waals surface area contributed by atoms with Gasteiger partial charge in [0, 0.05) is 25.7 Å². The van der Waals surface area contributed by atoms with Crippen molar-refractivity contribution < 1.29 is 14.6 Å². The standard InChI is InChI=1S/C20H22N2O3/c1-13-21-19-10-16(5-6-20(19)25-13)22(12-15-8-18(24)9-15)11-14-3-2-4-17(23)7-14/h2-7,10,15,18,23-24H,8-9,11-12H2,1H3. The Morgan fingerprint density at radius 2 is 2.04 bits per heavy atom. The van der Waals surface area contributed by atoms with Gasteiger partial charge in [0.25, 0.3) is 0 Å². The number of phenolic OH excluding ortho intramolecular Hbond substituents is 1. The lowest BCUT2D eigenvalue weighted by molar-refractivity contribution is 0.0459. The summed E-state index contributed by atoms with van der Waals surface area (Å²) in [5.74, 6) is 1.43. The number of oxazole rings is 1. The molecular formula is C20H22N2O3. The number of benzene rings is 2. The van der Waals surface area contributed by atoms with Crippen molar-refractivity contribution in [2.75, 3.05) is 11.4 Å². The van der Waals surface area contributed by atoms with Crippen LogP contribution in [-0.4, -0.2) is 27.8 Å². The summed E-state index contributed by atoms with van der Waals surface area (Å²) in [6.07, 6.45) is 1.54. The van der Waals surface area contributed by atoms with Gasteiger partial charge in [0.1, 0.15) is 11.3 Å². The molecule has 130 valence electrons. The quantitative estimate of drug-likeness (QED) is 0.743. The molecule has 0 radical (unpaired) electrons. The third kappa shape index (κ3) is 3.46. The van der Waals surface area contributed by atoms with Crippen LogP contribution in [0.4, 0.5) is 5.69 Å². The minimum absolute atomic E-state index is 0.159. The summed E-state index contributed by atoms with van der Waals surface area (Å²) >= 11 is 0. The van der Waals surface area contributed by atoms with Crippen LogP contribution in [0.5, 0.6) is 5.75 Å². The van der Waals surface area contributed by atoms with E-state index in [4.69, 9.17) is 4.42 Å². The second kappa shape index (κ2) is 6.41. The molecule has 0 spiro atoms. The minimum atomic E-state index is -0.159. The van der Waals surface area contributed by atoms with Gasteiger partial charge in [0.2, 0.25) is 0 Å². The number of aliphatic hydroxyl groups is 1. The molecule has 1 aromatic heterocycles. The lowest BCUT2D eigenvalue weighted by Crippen LogP contribution is -2.38.